The third-order valence-electron chi connectivity index (χ3n) is 3.42. The van der Waals surface area contributed by atoms with Crippen molar-refractivity contribution in [3.8, 4) is 10.6 Å². The predicted octanol–water partition coefficient (Wildman–Crippen LogP) is 5.34. The molecule has 0 aliphatic carbocycles. The average molecular weight is 324 g/mol. The zero-order chi connectivity index (χ0) is 16.4. The Hall–Kier alpha value is -2.20. The molecule has 0 bridgehead atoms. The summed E-state index contributed by atoms with van der Waals surface area (Å²) >= 11 is 1.64. The standard InChI is InChI=1S/C19H20N2OS/c1-19(2,3)12-17(22)20-14-9-5-4-8-13(14)18-21-15-10-6-7-11-16(15)23-18/h4-11H,12H2,1-3H3,(H,20,22). The third kappa shape index (κ3) is 3.77. The van der Waals surface area contributed by atoms with E-state index >= 15 is 0 Å². The van der Waals surface area contributed by atoms with Crippen molar-refractivity contribution < 1.29 is 4.79 Å². The van der Waals surface area contributed by atoms with E-state index in [4.69, 9.17) is 4.98 Å². The Kier molecular flexibility index (Phi) is 4.18. The van der Waals surface area contributed by atoms with Crippen LogP contribution >= 0.6 is 11.3 Å². The molecule has 4 heteroatoms. The summed E-state index contributed by atoms with van der Waals surface area (Å²) in [6.45, 7) is 6.18. The number of anilines is 1. The first-order chi connectivity index (χ1) is 10.9. The van der Waals surface area contributed by atoms with E-state index in [-0.39, 0.29) is 11.3 Å². The molecule has 0 saturated carbocycles. The maximum atomic E-state index is 12.3. The molecule has 3 rings (SSSR count). The fraction of sp³-hybridized carbons (Fsp3) is 0.263. The number of aromatic nitrogens is 1. The van der Waals surface area contributed by atoms with Crippen molar-refractivity contribution in [1.29, 1.82) is 0 Å². The van der Waals surface area contributed by atoms with E-state index in [0.717, 1.165) is 26.5 Å². The number of carbonyl (C=O) groups is 1. The molecule has 23 heavy (non-hydrogen) atoms. The largest absolute Gasteiger partial charge is 0.325 e. The maximum Gasteiger partial charge on any atom is 0.224 e. The molecule has 118 valence electrons. The van der Waals surface area contributed by atoms with Crippen molar-refractivity contribution in [1.82, 2.24) is 4.98 Å². The number of hydrogen-bond acceptors (Lipinski definition) is 3. The minimum atomic E-state index is -0.0328. The molecule has 0 atom stereocenters. The molecule has 3 nitrogen and oxygen atoms in total. The zero-order valence-electron chi connectivity index (χ0n) is 13.6. The highest BCUT2D eigenvalue weighted by Crippen LogP contribution is 2.34. The highest BCUT2D eigenvalue weighted by Gasteiger charge is 2.18. The number of amides is 1. The second-order valence-corrected chi connectivity index (χ2v) is 7.85. The van der Waals surface area contributed by atoms with E-state index in [2.05, 4.69) is 32.2 Å². The van der Waals surface area contributed by atoms with Crippen LogP contribution in [0.25, 0.3) is 20.8 Å². The van der Waals surface area contributed by atoms with Crippen molar-refractivity contribution in [3.05, 3.63) is 48.5 Å². The molecule has 0 aliphatic rings. The summed E-state index contributed by atoms with van der Waals surface area (Å²) in [5.41, 5.74) is 2.75. The van der Waals surface area contributed by atoms with E-state index in [0.29, 0.717) is 6.42 Å². The number of thiazole rings is 1. The van der Waals surface area contributed by atoms with E-state index in [1.807, 2.05) is 42.5 Å². The minimum absolute atomic E-state index is 0.0328. The van der Waals surface area contributed by atoms with Crippen molar-refractivity contribution in [2.45, 2.75) is 27.2 Å². The summed E-state index contributed by atoms with van der Waals surface area (Å²) in [7, 11) is 0. The van der Waals surface area contributed by atoms with Gasteiger partial charge in [0.15, 0.2) is 0 Å². The lowest BCUT2D eigenvalue weighted by Crippen LogP contribution is -2.19. The van der Waals surface area contributed by atoms with Crippen LogP contribution in [0.1, 0.15) is 27.2 Å². The van der Waals surface area contributed by atoms with Gasteiger partial charge in [-0.1, -0.05) is 45.0 Å². The van der Waals surface area contributed by atoms with Gasteiger partial charge >= 0.3 is 0 Å². The summed E-state index contributed by atoms with van der Waals surface area (Å²) in [5.74, 6) is 0.0334. The van der Waals surface area contributed by atoms with Crippen molar-refractivity contribution in [2.24, 2.45) is 5.41 Å². The topological polar surface area (TPSA) is 42.0 Å². The Bertz CT molecular complexity index is 813. The fourth-order valence-electron chi connectivity index (χ4n) is 2.44. The Morgan fingerprint density at radius 3 is 2.52 bits per heavy atom. The van der Waals surface area contributed by atoms with Crippen molar-refractivity contribution in [3.63, 3.8) is 0 Å². The maximum absolute atomic E-state index is 12.3. The summed E-state index contributed by atoms with van der Waals surface area (Å²) < 4.78 is 1.15. The minimum Gasteiger partial charge on any atom is -0.325 e. The SMILES string of the molecule is CC(C)(C)CC(=O)Nc1ccccc1-c1nc2ccccc2s1. The Balaban J connectivity index is 1.93. The number of rotatable bonds is 3. The summed E-state index contributed by atoms with van der Waals surface area (Å²) in [5, 5.41) is 3.97. The number of nitrogens with one attached hydrogen (secondary N) is 1. The van der Waals surface area contributed by atoms with Gasteiger partial charge in [-0.05, 0) is 29.7 Å². The fourth-order valence-corrected chi connectivity index (χ4v) is 3.45. The third-order valence-corrected chi connectivity index (χ3v) is 4.49. The molecular formula is C19H20N2OS. The number of nitrogens with zero attached hydrogens (tertiary/aromatic N) is 1. The molecule has 1 N–H and O–H groups in total. The molecule has 1 heterocycles. The van der Waals surface area contributed by atoms with E-state index in [9.17, 15) is 4.79 Å². The molecule has 1 aromatic heterocycles. The first kappa shape index (κ1) is 15.7. The number of fused-ring (bicyclic) bond motifs is 1. The van der Waals surface area contributed by atoms with Crippen LogP contribution in [-0.2, 0) is 4.79 Å². The van der Waals surface area contributed by atoms with Gasteiger partial charge in [-0.2, -0.15) is 0 Å². The van der Waals surface area contributed by atoms with Crippen LogP contribution in [0.2, 0.25) is 0 Å². The Labute approximate surface area is 140 Å². The lowest BCUT2D eigenvalue weighted by atomic mass is 9.92. The van der Waals surface area contributed by atoms with Crippen LogP contribution in [0.5, 0.6) is 0 Å². The quantitative estimate of drug-likeness (QED) is 0.706. The predicted molar refractivity (Wildman–Crippen MR) is 97.8 cm³/mol. The van der Waals surface area contributed by atoms with Crippen LogP contribution in [0.15, 0.2) is 48.5 Å². The lowest BCUT2D eigenvalue weighted by molar-refractivity contribution is -0.117. The van der Waals surface area contributed by atoms with Crippen LogP contribution < -0.4 is 5.32 Å². The molecule has 0 spiro atoms. The normalized spacial score (nSPS) is 11.6. The summed E-state index contributed by atoms with van der Waals surface area (Å²) in [6.07, 6.45) is 0.487. The van der Waals surface area contributed by atoms with E-state index in [1.54, 1.807) is 11.3 Å². The monoisotopic (exact) mass is 324 g/mol. The highest BCUT2D eigenvalue weighted by atomic mass is 32.1. The molecule has 2 aromatic carbocycles. The number of para-hydroxylation sites is 2. The van der Waals surface area contributed by atoms with Gasteiger partial charge in [0.05, 0.1) is 15.9 Å². The Morgan fingerprint density at radius 1 is 1.09 bits per heavy atom. The molecule has 0 radical (unpaired) electrons. The highest BCUT2D eigenvalue weighted by molar-refractivity contribution is 7.21. The van der Waals surface area contributed by atoms with E-state index < -0.39 is 0 Å². The zero-order valence-corrected chi connectivity index (χ0v) is 14.4. The van der Waals surface area contributed by atoms with Crippen LogP contribution in [-0.4, -0.2) is 10.9 Å². The molecule has 3 aromatic rings. The molecule has 1 amide bonds. The van der Waals surface area contributed by atoms with Gasteiger partial charge in [-0.25, -0.2) is 4.98 Å². The average Bonchev–Trinajstić information content (AvgIpc) is 2.89. The summed E-state index contributed by atoms with van der Waals surface area (Å²) in [4.78, 5) is 16.9. The molecule has 0 fully saturated rings. The number of benzene rings is 2. The smallest absolute Gasteiger partial charge is 0.224 e. The van der Waals surface area contributed by atoms with Crippen LogP contribution in [0.4, 0.5) is 5.69 Å². The van der Waals surface area contributed by atoms with E-state index in [1.165, 1.54) is 0 Å². The first-order valence-corrected chi connectivity index (χ1v) is 8.49. The van der Waals surface area contributed by atoms with Gasteiger partial charge in [0.25, 0.3) is 0 Å². The van der Waals surface area contributed by atoms with Crippen molar-refractivity contribution >= 4 is 33.1 Å². The first-order valence-electron chi connectivity index (χ1n) is 7.67. The number of carbonyl (C=O) groups excluding carboxylic acids is 1. The van der Waals surface area contributed by atoms with Gasteiger partial charge in [-0.15, -0.1) is 11.3 Å². The van der Waals surface area contributed by atoms with Gasteiger partial charge in [0, 0.05) is 12.0 Å². The van der Waals surface area contributed by atoms with Crippen LogP contribution in [0, 0.1) is 5.41 Å². The second-order valence-electron chi connectivity index (χ2n) is 6.82. The molecular weight excluding hydrogens is 304 g/mol. The molecule has 0 unspecified atom stereocenters. The van der Waals surface area contributed by atoms with Gasteiger partial charge in [0.2, 0.25) is 5.91 Å². The second kappa shape index (κ2) is 6.13. The molecule has 0 aliphatic heterocycles. The Morgan fingerprint density at radius 2 is 1.78 bits per heavy atom. The lowest BCUT2D eigenvalue weighted by Gasteiger charge is -2.18. The van der Waals surface area contributed by atoms with Gasteiger partial charge in [0.1, 0.15) is 5.01 Å². The van der Waals surface area contributed by atoms with Crippen LogP contribution in [0.3, 0.4) is 0 Å². The van der Waals surface area contributed by atoms with Gasteiger partial charge in [-0.3, -0.25) is 4.79 Å². The molecule has 0 saturated heterocycles. The number of hydrogen-bond donors (Lipinski definition) is 1. The van der Waals surface area contributed by atoms with Gasteiger partial charge < -0.3 is 5.32 Å². The van der Waals surface area contributed by atoms with Crippen molar-refractivity contribution in [2.75, 3.05) is 5.32 Å². The summed E-state index contributed by atoms with van der Waals surface area (Å²) in [6, 6.07) is 15.9.